The normalized spacial score (nSPS) is 27.1. The highest BCUT2D eigenvalue weighted by molar-refractivity contribution is 5.92. The van der Waals surface area contributed by atoms with Crippen LogP contribution in [0.1, 0.15) is 67.1 Å². The molecule has 5 nitrogen and oxygen atoms in total. The van der Waals surface area contributed by atoms with Crippen LogP contribution in [0.2, 0.25) is 0 Å². The van der Waals surface area contributed by atoms with Gasteiger partial charge < -0.3 is 14.9 Å². The molecule has 1 aromatic rings. The van der Waals surface area contributed by atoms with Crippen LogP contribution >= 0.6 is 0 Å². The predicted octanol–water partition coefficient (Wildman–Crippen LogP) is 2.22. The first-order valence-electron chi connectivity index (χ1n) is 7.66. The maximum atomic E-state index is 12.2. The largest absolute Gasteiger partial charge is 0.396 e. The Balaban J connectivity index is 1.63. The summed E-state index contributed by atoms with van der Waals surface area (Å²) in [5, 5.41) is 16.4. The Morgan fingerprint density at radius 3 is 2.85 bits per heavy atom. The number of aliphatic hydroxyl groups excluding tert-OH is 1. The third-order valence-electron chi connectivity index (χ3n) is 4.45. The molecule has 20 heavy (non-hydrogen) atoms. The lowest BCUT2D eigenvalue weighted by atomic mass is 9.95. The molecule has 2 N–H and O–H groups in total. The number of nitrogens with zero attached hydrogens (tertiary/aromatic N) is 1. The van der Waals surface area contributed by atoms with E-state index in [1.165, 1.54) is 6.42 Å². The number of hydrogen-bond donors (Lipinski definition) is 2. The Morgan fingerprint density at radius 2 is 2.10 bits per heavy atom. The van der Waals surface area contributed by atoms with Gasteiger partial charge in [0.15, 0.2) is 5.69 Å². The van der Waals surface area contributed by atoms with E-state index in [0.29, 0.717) is 11.6 Å². The van der Waals surface area contributed by atoms with Crippen LogP contribution in [0.3, 0.4) is 0 Å². The summed E-state index contributed by atoms with van der Waals surface area (Å²) in [6.45, 7) is 0.136. The van der Waals surface area contributed by atoms with Crippen molar-refractivity contribution in [2.45, 2.75) is 56.9 Å². The Kier molecular flexibility index (Phi) is 4.05. The second-order valence-corrected chi connectivity index (χ2v) is 6.05. The zero-order valence-electron chi connectivity index (χ0n) is 11.7. The SMILES string of the molecule is O=C(NC1CCCCCC1CO)c1cc(C2CC2)on1. The molecule has 0 bridgehead atoms. The first kappa shape index (κ1) is 13.6. The number of carbonyl (C=O) groups is 1. The minimum atomic E-state index is -0.175. The van der Waals surface area contributed by atoms with Gasteiger partial charge in [0.25, 0.3) is 5.91 Å². The number of rotatable bonds is 4. The van der Waals surface area contributed by atoms with Crippen molar-refractivity contribution in [2.75, 3.05) is 6.61 Å². The van der Waals surface area contributed by atoms with Crippen molar-refractivity contribution >= 4 is 5.91 Å². The zero-order valence-corrected chi connectivity index (χ0v) is 11.7. The molecule has 0 aromatic carbocycles. The van der Waals surface area contributed by atoms with E-state index in [2.05, 4.69) is 10.5 Å². The molecule has 0 aliphatic heterocycles. The monoisotopic (exact) mass is 278 g/mol. The van der Waals surface area contributed by atoms with Gasteiger partial charge in [-0.05, 0) is 25.7 Å². The lowest BCUT2D eigenvalue weighted by Gasteiger charge is -2.23. The fourth-order valence-corrected chi connectivity index (χ4v) is 2.99. The maximum absolute atomic E-state index is 12.2. The lowest BCUT2D eigenvalue weighted by molar-refractivity contribution is 0.0890. The van der Waals surface area contributed by atoms with Gasteiger partial charge in [-0.2, -0.15) is 0 Å². The fourth-order valence-electron chi connectivity index (χ4n) is 2.99. The molecule has 2 aliphatic carbocycles. The molecular formula is C15H22N2O3. The topological polar surface area (TPSA) is 75.4 Å². The fraction of sp³-hybridized carbons (Fsp3) is 0.733. The van der Waals surface area contributed by atoms with Crippen molar-refractivity contribution in [3.05, 3.63) is 17.5 Å². The van der Waals surface area contributed by atoms with Crippen molar-refractivity contribution < 1.29 is 14.4 Å². The third kappa shape index (κ3) is 3.03. The van der Waals surface area contributed by atoms with Crippen molar-refractivity contribution in [1.82, 2.24) is 10.5 Å². The van der Waals surface area contributed by atoms with Gasteiger partial charge in [-0.25, -0.2) is 0 Å². The minimum Gasteiger partial charge on any atom is -0.396 e. The van der Waals surface area contributed by atoms with Crippen LogP contribution in [0.15, 0.2) is 10.6 Å². The third-order valence-corrected chi connectivity index (χ3v) is 4.45. The smallest absolute Gasteiger partial charge is 0.273 e. The molecule has 110 valence electrons. The quantitative estimate of drug-likeness (QED) is 0.828. The Bertz CT molecular complexity index is 467. The molecule has 0 spiro atoms. The summed E-state index contributed by atoms with van der Waals surface area (Å²) in [4.78, 5) is 12.2. The summed E-state index contributed by atoms with van der Waals surface area (Å²) in [6, 6.07) is 1.81. The molecule has 0 radical (unpaired) electrons. The highest BCUT2D eigenvalue weighted by Crippen LogP contribution is 2.40. The molecule has 2 fully saturated rings. The van der Waals surface area contributed by atoms with Gasteiger partial charge in [0, 0.05) is 30.6 Å². The molecule has 1 heterocycles. The molecule has 0 saturated heterocycles. The van der Waals surface area contributed by atoms with E-state index in [9.17, 15) is 9.90 Å². The molecule has 2 atom stereocenters. The summed E-state index contributed by atoms with van der Waals surface area (Å²) in [6.07, 6.45) is 7.59. The van der Waals surface area contributed by atoms with Crippen molar-refractivity contribution in [3.8, 4) is 0 Å². The van der Waals surface area contributed by atoms with Gasteiger partial charge in [0.2, 0.25) is 0 Å². The second kappa shape index (κ2) is 5.95. The number of amides is 1. The van der Waals surface area contributed by atoms with E-state index in [-0.39, 0.29) is 24.5 Å². The van der Waals surface area contributed by atoms with E-state index in [4.69, 9.17) is 4.52 Å². The average Bonchev–Trinajstić information content (AvgIpc) is 3.23. The van der Waals surface area contributed by atoms with E-state index >= 15 is 0 Å². The first-order valence-corrected chi connectivity index (χ1v) is 7.66. The summed E-state index contributed by atoms with van der Waals surface area (Å²) >= 11 is 0. The Morgan fingerprint density at radius 1 is 1.30 bits per heavy atom. The van der Waals surface area contributed by atoms with E-state index < -0.39 is 0 Å². The van der Waals surface area contributed by atoms with Crippen LogP contribution in [0.4, 0.5) is 0 Å². The van der Waals surface area contributed by atoms with Crippen LogP contribution in [0, 0.1) is 5.92 Å². The van der Waals surface area contributed by atoms with E-state index in [0.717, 1.165) is 44.3 Å². The van der Waals surface area contributed by atoms with Crippen LogP contribution in [0.25, 0.3) is 0 Å². The first-order chi connectivity index (χ1) is 9.78. The van der Waals surface area contributed by atoms with E-state index in [1.807, 2.05) is 0 Å². The van der Waals surface area contributed by atoms with Crippen molar-refractivity contribution in [3.63, 3.8) is 0 Å². The maximum Gasteiger partial charge on any atom is 0.273 e. The highest BCUT2D eigenvalue weighted by atomic mass is 16.5. The molecule has 1 aromatic heterocycles. The Labute approximate surface area is 118 Å². The van der Waals surface area contributed by atoms with Crippen LogP contribution in [-0.2, 0) is 0 Å². The summed E-state index contributed by atoms with van der Waals surface area (Å²) in [7, 11) is 0. The predicted molar refractivity (Wildman–Crippen MR) is 73.4 cm³/mol. The number of aliphatic hydroxyl groups is 1. The number of carbonyl (C=O) groups excluding carboxylic acids is 1. The molecule has 3 rings (SSSR count). The number of hydrogen-bond acceptors (Lipinski definition) is 4. The summed E-state index contributed by atoms with van der Waals surface area (Å²) < 4.78 is 5.22. The lowest BCUT2D eigenvalue weighted by Crippen LogP contribution is -2.41. The van der Waals surface area contributed by atoms with Gasteiger partial charge >= 0.3 is 0 Å². The summed E-state index contributed by atoms with van der Waals surface area (Å²) in [5.74, 6) is 1.28. The highest BCUT2D eigenvalue weighted by Gasteiger charge is 2.30. The van der Waals surface area contributed by atoms with Gasteiger partial charge in [-0.15, -0.1) is 0 Å². The van der Waals surface area contributed by atoms with Crippen LogP contribution < -0.4 is 5.32 Å². The van der Waals surface area contributed by atoms with Gasteiger partial charge in [-0.3, -0.25) is 4.79 Å². The van der Waals surface area contributed by atoms with Gasteiger partial charge in [0.05, 0.1) is 0 Å². The van der Waals surface area contributed by atoms with Crippen LogP contribution in [0.5, 0.6) is 0 Å². The standard InChI is InChI=1S/C15H22N2O3/c18-9-11-4-2-1-3-5-12(11)16-15(19)13-8-14(20-17-13)10-6-7-10/h8,10-12,18H,1-7,9H2,(H,16,19). The molecule has 2 saturated carbocycles. The van der Waals surface area contributed by atoms with Crippen molar-refractivity contribution in [2.24, 2.45) is 5.92 Å². The number of nitrogens with one attached hydrogen (secondary N) is 1. The van der Waals surface area contributed by atoms with Gasteiger partial charge in [0.1, 0.15) is 5.76 Å². The molecule has 2 unspecified atom stereocenters. The van der Waals surface area contributed by atoms with E-state index in [1.54, 1.807) is 6.07 Å². The second-order valence-electron chi connectivity index (χ2n) is 6.05. The molecular weight excluding hydrogens is 256 g/mol. The minimum absolute atomic E-state index is 0.0519. The van der Waals surface area contributed by atoms with Crippen molar-refractivity contribution in [1.29, 1.82) is 0 Å². The van der Waals surface area contributed by atoms with Gasteiger partial charge in [-0.1, -0.05) is 24.4 Å². The van der Waals surface area contributed by atoms with Crippen LogP contribution in [-0.4, -0.2) is 28.8 Å². The molecule has 5 heteroatoms. The average molecular weight is 278 g/mol. The Hall–Kier alpha value is -1.36. The summed E-state index contributed by atoms with van der Waals surface area (Å²) in [5.41, 5.74) is 0.368. The number of aromatic nitrogens is 1. The molecule has 2 aliphatic rings. The zero-order chi connectivity index (χ0) is 13.9. The molecule has 1 amide bonds.